The Morgan fingerprint density at radius 3 is 2.41 bits per heavy atom. The molecular weight excluding hydrogens is 275 g/mol. The molecule has 2 aromatic rings. The van der Waals surface area contributed by atoms with Gasteiger partial charge in [-0.25, -0.2) is 4.39 Å². The molecule has 1 atom stereocenters. The Morgan fingerprint density at radius 1 is 0.955 bits per heavy atom. The Kier molecular flexibility index (Phi) is 4.47. The first-order valence-electron chi connectivity index (χ1n) is 7.78. The number of halogens is 1. The molecule has 0 saturated heterocycles. The maximum Gasteiger partial charge on any atom is 0.150 e. The van der Waals surface area contributed by atoms with Crippen molar-refractivity contribution in [3.05, 3.63) is 71.3 Å². The fourth-order valence-electron chi connectivity index (χ4n) is 3.10. The summed E-state index contributed by atoms with van der Waals surface area (Å²) in [6.45, 7) is 0. The van der Waals surface area contributed by atoms with E-state index in [-0.39, 0.29) is 0 Å². The number of alkyl halides is 1. The standard InChI is InChI=1S/C20H19FO/c21-20(15-8-2-1-3-9-15)19-13-7-6-12-18(19)17-11-5-4-10-16(17)14-22/h4-8,10-14,20H,1-3,9H2. The van der Waals surface area contributed by atoms with Crippen LogP contribution in [0.5, 0.6) is 0 Å². The molecule has 1 nitrogen and oxygen atoms in total. The molecule has 0 aliphatic heterocycles. The largest absolute Gasteiger partial charge is 0.298 e. The van der Waals surface area contributed by atoms with Crippen molar-refractivity contribution < 1.29 is 9.18 Å². The van der Waals surface area contributed by atoms with Crippen LogP contribution in [0.3, 0.4) is 0 Å². The number of benzene rings is 2. The normalized spacial score (nSPS) is 16.0. The zero-order valence-electron chi connectivity index (χ0n) is 12.5. The number of aldehydes is 1. The molecule has 0 amide bonds. The van der Waals surface area contributed by atoms with Gasteiger partial charge in [-0.15, -0.1) is 0 Å². The van der Waals surface area contributed by atoms with E-state index < -0.39 is 6.17 Å². The van der Waals surface area contributed by atoms with Gasteiger partial charge < -0.3 is 0 Å². The molecule has 1 unspecified atom stereocenters. The molecule has 0 N–H and O–H groups in total. The molecule has 112 valence electrons. The van der Waals surface area contributed by atoms with Gasteiger partial charge >= 0.3 is 0 Å². The van der Waals surface area contributed by atoms with Crippen LogP contribution >= 0.6 is 0 Å². The minimum absolute atomic E-state index is 0.597. The smallest absolute Gasteiger partial charge is 0.150 e. The van der Waals surface area contributed by atoms with Gasteiger partial charge in [-0.2, -0.15) is 0 Å². The predicted octanol–water partition coefficient (Wildman–Crippen LogP) is 5.68. The van der Waals surface area contributed by atoms with E-state index in [9.17, 15) is 4.79 Å². The van der Waals surface area contributed by atoms with Crippen molar-refractivity contribution >= 4 is 6.29 Å². The molecule has 2 aromatic carbocycles. The molecule has 3 rings (SSSR count). The highest BCUT2D eigenvalue weighted by molar-refractivity contribution is 5.88. The third kappa shape index (κ3) is 2.87. The first-order chi connectivity index (χ1) is 10.8. The van der Waals surface area contributed by atoms with Crippen LogP contribution in [0, 0.1) is 0 Å². The fourth-order valence-corrected chi connectivity index (χ4v) is 3.10. The van der Waals surface area contributed by atoms with Crippen molar-refractivity contribution in [1.82, 2.24) is 0 Å². The second kappa shape index (κ2) is 6.69. The summed E-state index contributed by atoms with van der Waals surface area (Å²) in [5, 5.41) is 0. The molecule has 0 radical (unpaired) electrons. The number of hydrogen-bond acceptors (Lipinski definition) is 1. The lowest BCUT2D eigenvalue weighted by molar-refractivity contribution is 0.112. The minimum Gasteiger partial charge on any atom is -0.298 e. The highest BCUT2D eigenvalue weighted by Crippen LogP contribution is 2.38. The van der Waals surface area contributed by atoms with Crippen molar-refractivity contribution in [3.63, 3.8) is 0 Å². The number of carbonyl (C=O) groups is 1. The second-order valence-electron chi connectivity index (χ2n) is 5.68. The number of carbonyl (C=O) groups excluding carboxylic acids is 1. The van der Waals surface area contributed by atoms with Gasteiger partial charge in [-0.3, -0.25) is 4.79 Å². The van der Waals surface area contributed by atoms with Crippen LogP contribution in [-0.2, 0) is 0 Å². The minimum atomic E-state index is -1.09. The Balaban J connectivity index is 2.07. The second-order valence-corrected chi connectivity index (χ2v) is 5.68. The van der Waals surface area contributed by atoms with E-state index in [1.54, 1.807) is 6.07 Å². The van der Waals surface area contributed by atoms with E-state index in [0.717, 1.165) is 48.7 Å². The highest BCUT2D eigenvalue weighted by Gasteiger charge is 2.21. The molecule has 0 heterocycles. The van der Waals surface area contributed by atoms with Gasteiger partial charge in [0.25, 0.3) is 0 Å². The van der Waals surface area contributed by atoms with E-state index in [2.05, 4.69) is 0 Å². The molecule has 2 heteroatoms. The molecule has 0 fully saturated rings. The van der Waals surface area contributed by atoms with Crippen LogP contribution in [0.1, 0.15) is 47.8 Å². The maximum absolute atomic E-state index is 15.0. The molecular formula is C20H19FO. The summed E-state index contributed by atoms with van der Waals surface area (Å²) in [5.41, 5.74) is 3.74. The summed E-state index contributed by atoms with van der Waals surface area (Å²) < 4.78 is 15.0. The van der Waals surface area contributed by atoms with Crippen LogP contribution in [0.4, 0.5) is 4.39 Å². The Morgan fingerprint density at radius 2 is 1.68 bits per heavy atom. The van der Waals surface area contributed by atoms with Crippen molar-refractivity contribution in [2.75, 3.05) is 0 Å². The summed E-state index contributed by atoms with van der Waals surface area (Å²) in [4.78, 5) is 11.3. The van der Waals surface area contributed by atoms with Crippen molar-refractivity contribution in [2.24, 2.45) is 0 Å². The Labute approximate surface area is 130 Å². The zero-order valence-corrected chi connectivity index (χ0v) is 12.5. The van der Waals surface area contributed by atoms with Gasteiger partial charge in [-0.1, -0.05) is 54.6 Å². The lowest BCUT2D eigenvalue weighted by Gasteiger charge is -2.20. The first kappa shape index (κ1) is 14.7. The monoisotopic (exact) mass is 294 g/mol. The van der Waals surface area contributed by atoms with Gasteiger partial charge in [-0.05, 0) is 47.9 Å². The van der Waals surface area contributed by atoms with Crippen LogP contribution < -0.4 is 0 Å². The van der Waals surface area contributed by atoms with Gasteiger partial charge in [0.15, 0.2) is 6.29 Å². The molecule has 1 aliphatic rings. The topological polar surface area (TPSA) is 17.1 Å². The van der Waals surface area contributed by atoms with E-state index in [4.69, 9.17) is 0 Å². The van der Waals surface area contributed by atoms with E-state index in [1.807, 2.05) is 48.5 Å². The quantitative estimate of drug-likeness (QED) is 0.524. The van der Waals surface area contributed by atoms with Gasteiger partial charge in [0, 0.05) is 5.56 Å². The molecule has 1 aliphatic carbocycles. The van der Waals surface area contributed by atoms with Crippen LogP contribution in [0.2, 0.25) is 0 Å². The van der Waals surface area contributed by atoms with Crippen LogP contribution in [-0.4, -0.2) is 6.29 Å². The summed E-state index contributed by atoms with van der Waals surface area (Å²) in [5.74, 6) is 0. The van der Waals surface area contributed by atoms with Crippen molar-refractivity contribution in [3.8, 4) is 11.1 Å². The van der Waals surface area contributed by atoms with Gasteiger partial charge in [0.2, 0.25) is 0 Å². The van der Waals surface area contributed by atoms with Gasteiger partial charge in [0.1, 0.15) is 6.17 Å². The molecule has 0 aromatic heterocycles. The number of hydrogen-bond donors (Lipinski definition) is 0. The fraction of sp³-hybridized carbons (Fsp3) is 0.250. The summed E-state index contributed by atoms with van der Waals surface area (Å²) in [6, 6.07) is 14.8. The maximum atomic E-state index is 15.0. The number of rotatable bonds is 4. The highest BCUT2D eigenvalue weighted by atomic mass is 19.1. The lowest BCUT2D eigenvalue weighted by atomic mass is 9.88. The summed E-state index contributed by atoms with van der Waals surface area (Å²) in [7, 11) is 0. The zero-order chi connectivity index (χ0) is 15.4. The van der Waals surface area contributed by atoms with Crippen molar-refractivity contribution in [2.45, 2.75) is 31.9 Å². The van der Waals surface area contributed by atoms with E-state index in [0.29, 0.717) is 11.1 Å². The van der Waals surface area contributed by atoms with Gasteiger partial charge in [0.05, 0.1) is 0 Å². The molecule has 0 spiro atoms. The Bertz CT molecular complexity index is 702. The molecule has 22 heavy (non-hydrogen) atoms. The van der Waals surface area contributed by atoms with Crippen LogP contribution in [0.15, 0.2) is 60.2 Å². The predicted molar refractivity (Wildman–Crippen MR) is 87.7 cm³/mol. The average molecular weight is 294 g/mol. The lowest BCUT2D eigenvalue weighted by Crippen LogP contribution is -2.03. The third-order valence-electron chi connectivity index (χ3n) is 4.26. The SMILES string of the molecule is O=Cc1ccccc1-c1ccccc1C(F)C1=CCCCC1. The van der Waals surface area contributed by atoms with E-state index >= 15 is 4.39 Å². The first-order valence-corrected chi connectivity index (χ1v) is 7.78. The van der Waals surface area contributed by atoms with Crippen LogP contribution in [0.25, 0.3) is 11.1 Å². The average Bonchev–Trinajstić information content (AvgIpc) is 2.62. The number of allylic oxidation sites excluding steroid dienone is 2. The summed E-state index contributed by atoms with van der Waals surface area (Å²) >= 11 is 0. The molecule has 0 saturated carbocycles. The van der Waals surface area contributed by atoms with Crippen molar-refractivity contribution in [1.29, 1.82) is 0 Å². The third-order valence-corrected chi connectivity index (χ3v) is 4.26. The Hall–Kier alpha value is -2.22. The summed E-state index contributed by atoms with van der Waals surface area (Å²) in [6.07, 6.45) is 5.77. The van der Waals surface area contributed by atoms with E-state index in [1.165, 1.54) is 0 Å². The molecule has 0 bridgehead atoms.